The fraction of sp³-hybridized carbons (Fsp3) is 0.227. The van der Waals surface area contributed by atoms with Crippen LogP contribution in [-0.4, -0.2) is 30.0 Å². The number of carbonyl (C=O) groups excluding carboxylic acids is 3. The van der Waals surface area contributed by atoms with E-state index >= 15 is 0 Å². The van der Waals surface area contributed by atoms with Gasteiger partial charge in [0.15, 0.2) is 0 Å². The van der Waals surface area contributed by atoms with Crippen LogP contribution >= 0.6 is 0 Å². The fourth-order valence-electron chi connectivity index (χ4n) is 3.34. The number of amides is 4. The topological polar surface area (TPSA) is 87.7 Å². The van der Waals surface area contributed by atoms with Gasteiger partial charge in [-0.25, -0.2) is 4.79 Å². The van der Waals surface area contributed by atoms with Gasteiger partial charge in [0.25, 0.3) is 11.8 Å². The number of nitrogens with zero attached hydrogens (tertiary/aromatic N) is 1. The summed E-state index contributed by atoms with van der Waals surface area (Å²) in [5, 5.41) is 3.45. The quantitative estimate of drug-likeness (QED) is 0.584. The zero-order chi connectivity index (χ0) is 21.0. The van der Waals surface area contributed by atoms with Crippen LogP contribution in [-0.2, 0) is 15.1 Å². The summed E-state index contributed by atoms with van der Waals surface area (Å²) in [7, 11) is 1.54. The average molecular weight is 393 g/mol. The zero-order valence-corrected chi connectivity index (χ0v) is 16.6. The lowest BCUT2D eigenvalue weighted by atomic mass is 9.87. The van der Waals surface area contributed by atoms with Gasteiger partial charge in [-0.1, -0.05) is 48.9 Å². The Balaban J connectivity index is 1.78. The molecule has 1 saturated heterocycles. The van der Waals surface area contributed by atoms with E-state index in [2.05, 4.69) is 10.7 Å². The lowest BCUT2D eigenvalue weighted by Gasteiger charge is -2.25. The van der Waals surface area contributed by atoms with Gasteiger partial charge in [-0.05, 0) is 37.1 Å². The Kier molecular flexibility index (Phi) is 5.68. The molecule has 7 heteroatoms. The Hall–Kier alpha value is -3.61. The third-order valence-corrected chi connectivity index (χ3v) is 4.91. The van der Waals surface area contributed by atoms with E-state index in [0.717, 1.165) is 10.6 Å². The molecular formula is C22H23N3O4. The van der Waals surface area contributed by atoms with Crippen LogP contribution in [0.1, 0.15) is 30.0 Å². The number of imide groups is 1. The molecule has 1 aliphatic heterocycles. The van der Waals surface area contributed by atoms with Crippen LogP contribution in [0.2, 0.25) is 0 Å². The summed E-state index contributed by atoms with van der Waals surface area (Å²) < 4.78 is 5.28. The maximum absolute atomic E-state index is 13.0. The number of hydrogen-bond acceptors (Lipinski definition) is 4. The maximum atomic E-state index is 13.0. The monoisotopic (exact) mass is 393 g/mol. The highest BCUT2D eigenvalue weighted by atomic mass is 16.5. The molecule has 0 radical (unpaired) electrons. The summed E-state index contributed by atoms with van der Waals surface area (Å²) in [6, 6.07) is 13.9. The van der Waals surface area contributed by atoms with Crippen LogP contribution in [0, 0.1) is 6.92 Å². The van der Waals surface area contributed by atoms with Crippen LogP contribution in [0.25, 0.3) is 6.08 Å². The van der Waals surface area contributed by atoms with Crippen LogP contribution < -0.4 is 15.5 Å². The van der Waals surface area contributed by atoms with Crippen molar-refractivity contribution in [2.75, 3.05) is 7.11 Å². The van der Waals surface area contributed by atoms with Gasteiger partial charge < -0.3 is 10.1 Å². The first-order chi connectivity index (χ1) is 13.9. The second-order valence-electron chi connectivity index (χ2n) is 6.75. The number of hydrazine groups is 1. The van der Waals surface area contributed by atoms with Crippen LogP contribution in [0.3, 0.4) is 0 Å². The van der Waals surface area contributed by atoms with Gasteiger partial charge >= 0.3 is 6.03 Å². The predicted octanol–water partition coefficient (Wildman–Crippen LogP) is 2.91. The number of carbonyl (C=O) groups is 3. The third-order valence-electron chi connectivity index (χ3n) is 4.91. The number of benzene rings is 2. The van der Waals surface area contributed by atoms with Gasteiger partial charge in [0, 0.05) is 11.6 Å². The van der Waals surface area contributed by atoms with Crippen LogP contribution in [0.15, 0.2) is 54.6 Å². The first kappa shape index (κ1) is 20.1. The molecule has 2 N–H and O–H groups in total. The van der Waals surface area contributed by atoms with Crippen LogP contribution in [0.4, 0.5) is 4.79 Å². The first-order valence-corrected chi connectivity index (χ1v) is 9.27. The van der Waals surface area contributed by atoms with Gasteiger partial charge in [0.2, 0.25) is 0 Å². The largest absolute Gasteiger partial charge is 0.496 e. The normalized spacial score (nSPS) is 18.8. The standard InChI is InChI=1S/C22H23N3O4/c1-4-22(17-8-6-5-7-9-17)20(27)25(21(28)23-22)24-19(26)13-11-16-14-15(2)10-12-18(16)29-3/h5-14H,4H2,1-3H3,(H,23,28)(H,24,26)/b13-11+/t22-/m0/s1. The fourth-order valence-corrected chi connectivity index (χ4v) is 3.34. The molecule has 0 bridgehead atoms. The van der Waals surface area contributed by atoms with E-state index in [1.165, 1.54) is 6.08 Å². The molecule has 29 heavy (non-hydrogen) atoms. The molecule has 3 rings (SSSR count). The Labute approximate surface area is 169 Å². The number of methoxy groups -OCH3 is 1. The van der Waals surface area contributed by atoms with Crippen molar-refractivity contribution in [3.05, 3.63) is 71.3 Å². The van der Waals surface area contributed by atoms with Crippen molar-refractivity contribution in [2.45, 2.75) is 25.8 Å². The van der Waals surface area contributed by atoms with E-state index < -0.39 is 23.4 Å². The number of urea groups is 1. The minimum atomic E-state index is -1.20. The summed E-state index contributed by atoms with van der Waals surface area (Å²) in [5.74, 6) is -0.508. The highest BCUT2D eigenvalue weighted by molar-refractivity contribution is 6.09. The molecule has 0 saturated carbocycles. The summed E-state index contributed by atoms with van der Waals surface area (Å²) in [5.41, 5.74) is 3.55. The molecule has 1 fully saturated rings. The Morgan fingerprint density at radius 3 is 2.59 bits per heavy atom. The molecule has 0 aliphatic carbocycles. The van der Waals surface area contributed by atoms with Crippen molar-refractivity contribution < 1.29 is 19.1 Å². The summed E-state index contributed by atoms with van der Waals surface area (Å²) in [6.07, 6.45) is 3.18. The zero-order valence-electron chi connectivity index (χ0n) is 16.6. The summed E-state index contributed by atoms with van der Waals surface area (Å²) >= 11 is 0. The molecule has 1 aliphatic rings. The molecule has 1 heterocycles. The average Bonchev–Trinajstić information content (AvgIpc) is 2.98. The molecule has 150 valence electrons. The van der Waals surface area contributed by atoms with Crippen molar-refractivity contribution in [3.63, 3.8) is 0 Å². The molecule has 2 aromatic carbocycles. The van der Waals surface area contributed by atoms with Gasteiger partial charge in [-0.2, -0.15) is 5.01 Å². The number of rotatable bonds is 6. The number of ether oxygens (including phenoxy) is 1. The second-order valence-corrected chi connectivity index (χ2v) is 6.75. The van der Waals surface area contributed by atoms with E-state index in [1.807, 2.05) is 25.1 Å². The van der Waals surface area contributed by atoms with Gasteiger partial charge in [0.05, 0.1) is 7.11 Å². The number of aryl methyl sites for hydroxylation is 1. The van der Waals surface area contributed by atoms with E-state index in [0.29, 0.717) is 23.3 Å². The predicted molar refractivity (Wildman–Crippen MR) is 109 cm³/mol. The molecule has 7 nitrogen and oxygen atoms in total. The van der Waals surface area contributed by atoms with Gasteiger partial charge in [-0.15, -0.1) is 0 Å². The minimum absolute atomic E-state index is 0.351. The third kappa shape index (κ3) is 3.85. The van der Waals surface area contributed by atoms with Crippen molar-refractivity contribution in [3.8, 4) is 5.75 Å². The molecule has 0 aromatic heterocycles. The van der Waals surface area contributed by atoms with Crippen molar-refractivity contribution in [2.24, 2.45) is 0 Å². The van der Waals surface area contributed by atoms with Crippen LogP contribution in [0.5, 0.6) is 5.75 Å². The Morgan fingerprint density at radius 1 is 1.21 bits per heavy atom. The number of hydrogen-bond donors (Lipinski definition) is 2. The van der Waals surface area contributed by atoms with Crippen molar-refractivity contribution >= 4 is 23.9 Å². The number of nitrogens with one attached hydrogen (secondary N) is 2. The van der Waals surface area contributed by atoms with E-state index in [4.69, 9.17) is 4.74 Å². The lowest BCUT2D eigenvalue weighted by Crippen LogP contribution is -2.48. The van der Waals surface area contributed by atoms with Crippen molar-refractivity contribution in [1.82, 2.24) is 15.8 Å². The van der Waals surface area contributed by atoms with E-state index in [1.54, 1.807) is 50.4 Å². The Bertz CT molecular complexity index is 971. The minimum Gasteiger partial charge on any atom is -0.496 e. The molecule has 0 spiro atoms. The molecular weight excluding hydrogens is 370 g/mol. The van der Waals surface area contributed by atoms with E-state index in [9.17, 15) is 14.4 Å². The summed E-state index contributed by atoms with van der Waals surface area (Å²) in [6.45, 7) is 3.73. The first-order valence-electron chi connectivity index (χ1n) is 9.27. The molecule has 0 unspecified atom stereocenters. The van der Waals surface area contributed by atoms with E-state index in [-0.39, 0.29) is 0 Å². The highest BCUT2D eigenvalue weighted by Gasteiger charge is 2.52. The molecule has 2 aromatic rings. The highest BCUT2D eigenvalue weighted by Crippen LogP contribution is 2.31. The lowest BCUT2D eigenvalue weighted by molar-refractivity contribution is -0.138. The molecule has 4 amide bonds. The summed E-state index contributed by atoms with van der Waals surface area (Å²) in [4.78, 5) is 37.8. The maximum Gasteiger partial charge on any atom is 0.344 e. The van der Waals surface area contributed by atoms with Crippen molar-refractivity contribution in [1.29, 1.82) is 0 Å². The SMILES string of the molecule is CC[C@@]1(c2ccccc2)NC(=O)N(NC(=O)/C=C/c2cc(C)ccc2OC)C1=O. The van der Waals surface area contributed by atoms with Gasteiger partial charge in [-0.3, -0.25) is 15.0 Å². The Morgan fingerprint density at radius 2 is 1.93 bits per heavy atom. The molecule has 1 atom stereocenters. The van der Waals surface area contributed by atoms with Gasteiger partial charge in [0.1, 0.15) is 11.3 Å². The second kappa shape index (κ2) is 8.18. The smallest absolute Gasteiger partial charge is 0.344 e.